The van der Waals surface area contributed by atoms with E-state index in [4.69, 9.17) is 14.5 Å². The molecule has 0 saturated carbocycles. The number of aryl methyl sites for hydroxylation is 3. The van der Waals surface area contributed by atoms with Gasteiger partial charge in [-0.1, -0.05) is 42.5 Å². The molecule has 33 heavy (non-hydrogen) atoms. The van der Waals surface area contributed by atoms with Gasteiger partial charge in [-0.05, 0) is 68.1 Å². The summed E-state index contributed by atoms with van der Waals surface area (Å²) in [6.07, 6.45) is -0.688. The van der Waals surface area contributed by atoms with Crippen molar-refractivity contribution < 1.29 is 14.6 Å². The van der Waals surface area contributed by atoms with E-state index in [0.29, 0.717) is 13.2 Å². The SMILES string of the molecule is Cc1cccc(OCC(O)Cn2c(COc3c(C)cccc3C)nc3ccccc32)c1C.Cl. The molecule has 1 aromatic heterocycles. The minimum atomic E-state index is -0.688. The van der Waals surface area contributed by atoms with E-state index >= 15 is 0 Å². The van der Waals surface area contributed by atoms with Gasteiger partial charge in [-0.3, -0.25) is 0 Å². The minimum Gasteiger partial charge on any atom is -0.491 e. The zero-order chi connectivity index (χ0) is 22.7. The molecule has 5 nitrogen and oxygen atoms in total. The fraction of sp³-hybridized carbons (Fsp3) is 0.296. The van der Waals surface area contributed by atoms with Crippen LogP contribution in [0, 0.1) is 27.7 Å². The van der Waals surface area contributed by atoms with Crippen LogP contribution in [0.25, 0.3) is 11.0 Å². The van der Waals surface area contributed by atoms with Gasteiger partial charge in [0.25, 0.3) is 0 Å². The molecule has 0 aliphatic heterocycles. The molecule has 0 radical (unpaired) electrons. The van der Waals surface area contributed by atoms with Gasteiger partial charge in [-0.2, -0.15) is 0 Å². The average molecular weight is 467 g/mol. The molecule has 0 bridgehead atoms. The van der Waals surface area contributed by atoms with E-state index in [2.05, 4.69) is 13.0 Å². The molecule has 4 rings (SSSR count). The van der Waals surface area contributed by atoms with E-state index in [9.17, 15) is 5.11 Å². The molecule has 0 spiro atoms. The Hall–Kier alpha value is -3.02. The number of fused-ring (bicyclic) bond motifs is 1. The maximum absolute atomic E-state index is 10.8. The van der Waals surface area contributed by atoms with Crippen LogP contribution in [-0.2, 0) is 13.2 Å². The average Bonchev–Trinajstić information content (AvgIpc) is 3.12. The van der Waals surface area contributed by atoms with Gasteiger partial charge in [-0.25, -0.2) is 4.98 Å². The lowest BCUT2D eigenvalue weighted by Gasteiger charge is -2.18. The number of aliphatic hydroxyl groups excluding tert-OH is 1. The topological polar surface area (TPSA) is 56.5 Å². The maximum Gasteiger partial charge on any atom is 0.148 e. The first-order chi connectivity index (χ1) is 15.4. The lowest BCUT2D eigenvalue weighted by Crippen LogP contribution is -2.25. The Morgan fingerprint density at radius 2 is 1.52 bits per heavy atom. The van der Waals surface area contributed by atoms with Crippen molar-refractivity contribution >= 4 is 23.4 Å². The molecule has 4 aromatic rings. The quantitative estimate of drug-likeness (QED) is 0.361. The van der Waals surface area contributed by atoms with Crippen LogP contribution in [0.15, 0.2) is 60.7 Å². The molecule has 1 N–H and O–H groups in total. The number of halogens is 1. The summed E-state index contributed by atoms with van der Waals surface area (Å²) >= 11 is 0. The summed E-state index contributed by atoms with van der Waals surface area (Å²) in [5.41, 5.74) is 6.30. The fourth-order valence-electron chi connectivity index (χ4n) is 3.93. The Kier molecular flexibility index (Phi) is 8.01. The Balaban J connectivity index is 0.00000306. The highest BCUT2D eigenvalue weighted by molar-refractivity contribution is 5.85. The van der Waals surface area contributed by atoms with Crippen molar-refractivity contribution in [3.8, 4) is 11.5 Å². The van der Waals surface area contributed by atoms with E-state index in [1.165, 1.54) is 5.56 Å². The van der Waals surface area contributed by atoms with Crippen molar-refractivity contribution in [2.75, 3.05) is 6.61 Å². The van der Waals surface area contributed by atoms with Crippen LogP contribution >= 0.6 is 12.4 Å². The van der Waals surface area contributed by atoms with Crippen LogP contribution in [0.4, 0.5) is 0 Å². The fourth-order valence-corrected chi connectivity index (χ4v) is 3.93. The molecule has 0 fully saturated rings. The van der Waals surface area contributed by atoms with Gasteiger partial charge in [0.2, 0.25) is 0 Å². The molecule has 174 valence electrons. The van der Waals surface area contributed by atoms with Gasteiger partial charge in [-0.15, -0.1) is 12.4 Å². The van der Waals surface area contributed by atoms with E-state index < -0.39 is 6.10 Å². The van der Waals surface area contributed by atoms with Crippen LogP contribution in [0.5, 0.6) is 11.5 Å². The predicted molar refractivity (Wildman–Crippen MR) is 135 cm³/mol. The van der Waals surface area contributed by atoms with Crippen LogP contribution in [0.3, 0.4) is 0 Å². The second-order valence-corrected chi connectivity index (χ2v) is 8.30. The van der Waals surface area contributed by atoms with Crippen LogP contribution in [0.2, 0.25) is 0 Å². The minimum absolute atomic E-state index is 0. The molecule has 1 unspecified atom stereocenters. The van der Waals surface area contributed by atoms with Crippen molar-refractivity contribution in [3.05, 3.63) is 88.7 Å². The summed E-state index contributed by atoms with van der Waals surface area (Å²) in [6.45, 7) is 9.07. The number of hydrogen-bond acceptors (Lipinski definition) is 4. The molecule has 3 aromatic carbocycles. The first-order valence-electron chi connectivity index (χ1n) is 10.9. The van der Waals surface area contributed by atoms with E-state index in [-0.39, 0.29) is 19.0 Å². The van der Waals surface area contributed by atoms with Crippen molar-refractivity contribution in [3.63, 3.8) is 0 Å². The number of benzene rings is 3. The predicted octanol–water partition coefficient (Wildman–Crippen LogP) is 5.71. The van der Waals surface area contributed by atoms with Crippen molar-refractivity contribution in [1.29, 1.82) is 0 Å². The number of ether oxygens (including phenoxy) is 2. The number of para-hydroxylation sites is 3. The monoisotopic (exact) mass is 466 g/mol. The molecular weight excluding hydrogens is 436 g/mol. The third-order valence-electron chi connectivity index (χ3n) is 5.87. The zero-order valence-electron chi connectivity index (χ0n) is 19.5. The smallest absolute Gasteiger partial charge is 0.148 e. The molecular formula is C27H31ClN2O3. The standard InChI is InChI=1S/C27H30N2O3.ClH/c1-18-9-8-14-25(21(18)4)31-16-22(30)15-29-24-13-6-5-12-23(24)28-26(29)17-32-27-19(2)10-7-11-20(27)3;/h5-14,22,30H,15-17H2,1-4H3;1H. The number of imidazole rings is 1. The third kappa shape index (κ3) is 5.49. The Labute approximate surface area is 201 Å². The van der Waals surface area contributed by atoms with Crippen LogP contribution in [-0.4, -0.2) is 27.4 Å². The Morgan fingerprint density at radius 3 is 2.27 bits per heavy atom. The Bertz CT molecular complexity index is 1220. The number of hydrogen-bond donors (Lipinski definition) is 1. The summed E-state index contributed by atoms with van der Waals surface area (Å²) in [6, 6.07) is 20.0. The summed E-state index contributed by atoms with van der Waals surface area (Å²) in [5.74, 6) is 2.46. The molecule has 1 atom stereocenters. The largest absolute Gasteiger partial charge is 0.491 e. The third-order valence-corrected chi connectivity index (χ3v) is 5.87. The van der Waals surface area contributed by atoms with Crippen molar-refractivity contribution in [2.24, 2.45) is 0 Å². The maximum atomic E-state index is 10.8. The highest BCUT2D eigenvalue weighted by Crippen LogP contribution is 2.25. The van der Waals surface area contributed by atoms with Gasteiger partial charge in [0.05, 0.1) is 17.6 Å². The van der Waals surface area contributed by atoms with E-state index in [1.54, 1.807) is 0 Å². The molecule has 0 amide bonds. The molecule has 0 aliphatic rings. The van der Waals surface area contributed by atoms with Gasteiger partial charge in [0.1, 0.15) is 36.6 Å². The summed E-state index contributed by atoms with van der Waals surface area (Å²) in [4.78, 5) is 4.77. The second-order valence-electron chi connectivity index (χ2n) is 8.30. The van der Waals surface area contributed by atoms with E-state index in [1.807, 2.05) is 79.9 Å². The summed E-state index contributed by atoms with van der Waals surface area (Å²) < 4.78 is 14.1. The lowest BCUT2D eigenvalue weighted by atomic mass is 10.1. The Morgan fingerprint density at radius 1 is 0.848 bits per heavy atom. The number of nitrogens with zero attached hydrogens (tertiary/aromatic N) is 2. The van der Waals surface area contributed by atoms with E-state index in [0.717, 1.165) is 45.0 Å². The zero-order valence-corrected chi connectivity index (χ0v) is 20.4. The van der Waals surface area contributed by atoms with Gasteiger partial charge in [0.15, 0.2) is 0 Å². The molecule has 6 heteroatoms. The summed E-state index contributed by atoms with van der Waals surface area (Å²) in [7, 11) is 0. The van der Waals surface area contributed by atoms with Gasteiger partial charge < -0.3 is 19.1 Å². The number of aliphatic hydroxyl groups is 1. The molecule has 0 saturated heterocycles. The highest BCUT2D eigenvalue weighted by Gasteiger charge is 2.16. The normalized spacial score (nSPS) is 11.8. The highest BCUT2D eigenvalue weighted by atomic mass is 35.5. The first kappa shape index (κ1) is 24.6. The first-order valence-corrected chi connectivity index (χ1v) is 10.9. The van der Waals surface area contributed by atoms with Crippen LogP contribution in [0.1, 0.15) is 28.1 Å². The van der Waals surface area contributed by atoms with Gasteiger partial charge in [0, 0.05) is 0 Å². The van der Waals surface area contributed by atoms with Crippen molar-refractivity contribution in [2.45, 2.75) is 47.0 Å². The molecule has 0 aliphatic carbocycles. The van der Waals surface area contributed by atoms with Crippen LogP contribution < -0.4 is 9.47 Å². The lowest BCUT2D eigenvalue weighted by molar-refractivity contribution is 0.0914. The summed E-state index contributed by atoms with van der Waals surface area (Å²) in [5, 5.41) is 10.8. The second kappa shape index (κ2) is 10.7. The number of rotatable bonds is 8. The van der Waals surface area contributed by atoms with Gasteiger partial charge >= 0.3 is 0 Å². The molecule has 1 heterocycles. The van der Waals surface area contributed by atoms with Crippen molar-refractivity contribution in [1.82, 2.24) is 9.55 Å². The number of aromatic nitrogens is 2.